The molecule has 0 radical (unpaired) electrons. The molecule has 20 heavy (non-hydrogen) atoms. The lowest BCUT2D eigenvalue weighted by Crippen LogP contribution is -2.12. The van der Waals surface area contributed by atoms with E-state index < -0.39 is 0 Å². The number of anilines is 1. The first-order valence-electron chi connectivity index (χ1n) is 6.09. The maximum atomic E-state index is 12.8. The molecular weight excluding hydrogens is 325 g/mol. The molecule has 0 aliphatic rings. The summed E-state index contributed by atoms with van der Waals surface area (Å²) in [5.74, 6) is 0.0815. The molecule has 0 aliphatic heterocycles. The molecule has 104 valence electrons. The summed E-state index contributed by atoms with van der Waals surface area (Å²) in [5.41, 5.74) is 1.03. The Labute approximate surface area is 124 Å². The Bertz CT molecular complexity index is 614. The Morgan fingerprint density at radius 1 is 1.25 bits per heavy atom. The zero-order valence-corrected chi connectivity index (χ0v) is 12.4. The Hall–Kier alpha value is -1.88. The molecule has 0 aromatic heterocycles. The fourth-order valence-electron chi connectivity index (χ4n) is 1.65. The maximum absolute atomic E-state index is 12.8. The maximum Gasteiger partial charge on any atom is 0.255 e. The van der Waals surface area contributed by atoms with Gasteiger partial charge in [0, 0.05) is 11.3 Å². The lowest BCUT2D eigenvalue weighted by Gasteiger charge is -2.09. The van der Waals surface area contributed by atoms with Crippen molar-refractivity contribution < 1.29 is 13.9 Å². The number of nitrogens with one attached hydrogen (secondary N) is 1. The van der Waals surface area contributed by atoms with Gasteiger partial charge in [0.05, 0.1) is 11.1 Å². The van der Waals surface area contributed by atoms with E-state index in [1.54, 1.807) is 18.2 Å². The Kier molecular flexibility index (Phi) is 4.74. The van der Waals surface area contributed by atoms with Crippen molar-refractivity contribution in [1.82, 2.24) is 0 Å². The van der Waals surface area contributed by atoms with Gasteiger partial charge in [0.15, 0.2) is 0 Å². The van der Waals surface area contributed by atoms with Crippen LogP contribution in [0.15, 0.2) is 46.9 Å². The molecule has 5 heteroatoms. The van der Waals surface area contributed by atoms with E-state index in [1.807, 2.05) is 6.92 Å². The number of amides is 1. The minimum Gasteiger partial charge on any atom is -0.493 e. The van der Waals surface area contributed by atoms with Gasteiger partial charge in [-0.3, -0.25) is 4.79 Å². The number of carbonyl (C=O) groups is 1. The molecular formula is C15H13BrFNO2. The summed E-state index contributed by atoms with van der Waals surface area (Å²) in [6.45, 7) is 2.45. The third kappa shape index (κ3) is 3.57. The molecule has 1 N–H and O–H groups in total. The number of hydrogen-bond acceptors (Lipinski definition) is 2. The standard InChI is InChI=1S/C15H13BrFNO2/c1-2-20-14-8-3-10(9-13(14)16)15(19)18-12-6-4-11(17)5-7-12/h3-9H,2H2,1H3,(H,18,19). The van der Waals surface area contributed by atoms with Crippen molar-refractivity contribution in [1.29, 1.82) is 0 Å². The molecule has 0 saturated carbocycles. The van der Waals surface area contributed by atoms with Crippen molar-refractivity contribution in [2.24, 2.45) is 0 Å². The molecule has 2 aromatic carbocycles. The second kappa shape index (κ2) is 6.52. The number of halogens is 2. The number of rotatable bonds is 4. The topological polar surface area (TPSA) is 38.3 Å². The van der Waals surface area contributed by atoms with Gasteiger partial charge in [-0.15, -0.1) is 0 Å². The van der Waals surface area contributed by atoms with Gasteiger partial charge in [0.25, 0.3) is 5.91 Å². The van der Waals surface area contributed by atoms with Crippen molar-refractivity contribution >= 4 is 27.5 Å². The summed E-state index contributed by atoms with van der Waals surface area (Å²) >= 11 is 3.36. The van der Waals surface area contributed by atoms with Crippen LogP contribution in [0.2, 0.25) is 0 Å². The monoisotopic (exact) mass is 337 g/mol. The number of hydrogen-bond donors (Lipinski definition) is 1. The largest absolute Gasteiger partial charge is 0.493 e. The fourth-order valence-corrected chi connectivity index (χ4v) is 2.14. The van der Waals surface area contributed by atoms with Gasteiger partial charge in [-0.05, 0) is 65.3 Å². The Balaban J connectivity index is 2.13. The molecule has 3 nitrogen and oxygen atoms in total. The second-order valence-corrected chi connectivity index (χ2v) is 4.89. The average molecular weight is 338 g/mol. The SMILES string of the molecule is CCOc1ccc(C(=O)Nc2ccc(F)cc2)cc1Br. The fraction of sp³-hybridized carbons (Fsp3) is 0.133. The van der Waals surface area contributed by atoms with E-state index in [9.17, 15) is 9.18 Å². The molecule has 1 amide bonds. The summed E-state index contributed by atoms with van der Waals surface area (Å²) in [6.07, 6.45) is 0. The van der Waals surface area contributed by atoms with Crippen molar-refractivity contribution in [2.45, 2.75) is 6.92 Å². The highest BCUT2D eigenvalue weighted by atomic mass is 79.9. The third-order valence-corrected chi connectivity index (χ3v) is 3.22. The van der Waals surface area contributed by atoms with Crippen LogP contribution < -0.4 is 10.1 Å². The summed E-state index contributed by atoms with van der Waals surface area (Å²) in [7, 11) is 0. The van der Waals surface area contributed by atoms with Gasteiger partial charge in [-0.25, -0.2) is 4.39 Å². The van der Waals surface area contributed by atoms with Crippen LogP contribution in [0, 0.1) is 5.82 Å². The summed E-state index contributed by atoms with van der Waals surface area (Å²) in [4.78, 5) is 12.1. The smallest absolute Gasteiger partial charge is 0.255 e. The van der Waals surface area contributed by atoms with E-state index in [2.05, 4.69) is 21.2 Å². The highest BCUT2D eigenvalue weighted by Gasteiger charge is 2.09. The van der Waals surface area contributed by atoms with Gasteiger partial charge < -0.3 is 10.1 Å². The molecule has 0 bridgehead atoms. The van der Waals surface area contributed by atoms with Gasteiger partial charge in [0.2, 0.25) is 0 Å². The van der Waals surface area contributed by atoms with Gasteiger partial charge in [-0.2, -0.15) is 0 Å². The molecule has 2 aromatic rings. The average Bonchev–Trinajstić information content (AvgIpc) is 2.44. The molecule has 0 atom stereocenters. The van der Waals surface area contributed by atoms with Crippen LogP contribution in [0.3, 0.4) is 0 Å². The zero-order valence-electron chi connectivity index (χ0n) is 10.8. The Morgan fingerprint density at radius 3 is 2.55 bits per heavy atom. The lowest BCUT2D eigenvalue weighted by atomic mass is 10.2. The van der Waals surface area contributed by atoms with Crippen LogP contribution in [0.1, 0.15) is 17.3 Å². The molecule has 0 spiro atoms. The molecule has 0 fully saturated rings. The van der Waals surface area contributed by atoms with Crippen LogP contribution in [-0.2, 0) is 0 Å². The summed E-state index contributed by atoms with van der Waals surface area (Å²) < 4.78 is 18.9. The van der Waals surface area contributed by atoms with E-state index in [1.165, 1.54) is 24.3 Å². The van der Waals surface area contributed by atoms with E-state index in [-0.39, 0.29) is 11.7 Å². The second-order valence-electron chi connectivity index (χ2n) is 4.04. The van der Waals surface area contributed by atoms with E-state index in [0.29, 0.717) is 28.1 Å². The summed E-state index contributed by atoms with van der Waals surface area (Å²) in [6, 6.07) is 10.7. The summed E-state index contributed by atoms with van der Waals surface area (Å²) in [5, 5.41) is 2.70. The highest BCUT2D eigenvalue weighted by Crippen LogP contribution is 2.26. The van der Waals surface area contributed by atoms with Crippen LogP contribution in [0.25, 0.3) is 0 Å². The first-order chi connectivity index (χ1) is 9.60. The van der Waals surface area contributed by atoms with Crippen LogP contribution >= 0.6 is 15.9 Å². The van der Waals surface area contributed by atoms with Crippen molar-refractivity contribution in [3.8, 4) is 5.75 Å². The number of benzene rings is 2. The minimum absolute atomic E-state index is 0.264. The molecule has 0 unspecified atom stereocenters. The van der Waals surface area contributed by atoms with Gasteiger partial charge in [-0.1, -0.05) is 0 Å². The van der Waals surface area contributed by atoms with Gasteiger partial charge in [0.1, 0.15) is 11.6 Å². The number of carbonyl (C=O) groups excluding carboxylic acids is 1. The molecule has 0 heterocycles. The molecule has 0 saturated heterocycles. The van der Waals surface area contributed by atoms with E-state index in [4.69, 9.17) is 4.74 Å². The number of ether oxygens (including phenoxy) is 1. The predicted octanol–water partition coefficient (Wildman–Crippen LogP) is 4.24. The predicted molar refractivity (Wildman–Crippen MR) is 79.7 cm³/mol. The lowest BCUT2D eigenvalue weighted by molar-refractivity contribution is 0.102. The van der Waals surface area contributed by atoms with Crippen LogP contribution in [-0.4, -0.2) is 12.5 Å². The van der Waals surface area contributed by atoms with E-state index in [0.717, 1.165) is 0 Å². The zero-order chi connectivity index (χ0) is 14.5. The highest BCUT2D eigenvalue weighted by molar-refractivity contribution is 9.10. The van der Waals surface area contributed by atoms with Crippen molar-refractivity contribution in [2.75, 3.05) is 11.9 Å². The van der Waals surface area contributed by atoms with Gasteiger partial charge >= 0.3 is 0 Å². The molecule has 2 rings (SSSR count). The minimum atomic E-state index is -0.341. The first kappa shape index (κ1) is 14.5. The van der Waals surface area contributed by atoms with Crippen molar-refractivity contribution in [3.05, 3.63) is 58.3 Å². The van der Waals surface area contributed by atoms with Crippen LogP contribution in [0.4, 0.5) is 10.1 Å². The van der Waals surface area contributed by atoms with E-state index >= 15 is 0 Å². The Morgan fingerprint density at radius 2 is 1.95 bits per heavy atom. The van der Waals surface area contributed by atoms with Crippen LogP contribution in [0.5, 0.6) is 5.75 Å². The first-order valence-corrected chi connectivity index (χ1v) is 6.88. The molecule has 0 aliphatic carbocycles. The normalized spacial score (nSPS) is 10.2. The third-order valence-electron chi connectivity index (χ3n) is 2.60. The quantitative estimate of drug-likeness (QED) is 0.906. The van der Waals surface area contributed by atoms with Crippen molar-refractivity contribution in [3.63, 3.8) is 0 Å².